The number of para-hydroxylation sites is 1. The van der Waals surface area contributed by atoms with Crippen molar-refractivity contribution in [3.8, 4) is 5.69 Å². The summed E-state index contributed by atoms with van der Waals surface area (Å²) in [7, 11) is 0. The SMILES string of the molecule is CC(C)n1cnnc1SCc1nc2ccccc2c(=O)n1-c1ccc(F)cc1. The van der Waals surface area contributed by atoms with Gasteiger partial charge in [0.1, 0.15) is 18.0 Å². The third-order valence-corrected chi connectivity index (χ3v) is 5.31. The van der Waals surface area contributed by atoms with E-state index < -0.39 is 0 Å². The average Bonchev–Trinajstić information content (AvgIpc) is 3.16. The fourth-order valence-corrected chi connectivity index (χ4v) is 3.91. The minimum absolute atomic E-state index is 0.182. The molecule has 0 spiro atoms. The van der Waals surface area contributed by atoms with Crippen LogP contribution in [0.2, 0.25) is 0 Å². The number of halogens is 1. The zero-order valence-corrected chi connectivity index (χ0v) is 16.2. The molecule has 0 aliphatic heterocycles. The largest absolute Gasteiger partial charge is 0.306 e. The van der Waals surface area contributed by atoms with Gasteiger partial charge in [0.2, 0.25) is 0 Å². The van der Waals surface area contributed by atoms with Crippen molar-refractivity contribution in [3.63, 3.8) is 0 Å². The molecule has 28 heavy (non-hydrogen) atoms. The first-order chi connectivity index (χ1) is 13.5. The molecule has 4 aromatic rings. The minimum Gasteiger partial charge on any atom is -0.306 e. The van der Waals surface area contributed by atoms with E-state index in [0.29, 0.717) is 28.2 Å². The van der Waals surface area contributed by atoms with Crippen molar-refractivity contribution in [1.82, 2.24) is 24.3 Å². The maximum absolute atomic E-state index is 13.4. The highest BCUT2D eigenvalue weighted by atomic mass is 32.2. The number of aromatic nitrogens is 5. The lowest BCUT2D eigenvalue weighted by molar-refractivity contribution is 0.549. The molecule has 6 nitrogen and oxygen atoms in total. The number of fused-ring (bicyclic) bond motifs is 1. The summed E-state index contributed by atoms with van der Waals surface area (Å²) in [5, 5.41) is 9.41. The molecular formula is C20H18FN5OS. The van der Waals surface area contributed by atoms with Gasteiger partial charge in [0, 0.05) is 6.04 Å². The van der Waals surface area contributed by atoms with Crippen LogP contribution >= 0.6 is 11.8 Å². The van der Waals surface area contributed by atoms with Gasteiger partial charge in [0.25, 0.3) is 5.56 Å². The second-order valence-electron chi connectivity index (χ2n) is 6.57. The van der Waals surface area contributed by atoms with Gasteiger partial charge in [-0.2, -0.15) is 0 Å². The van der Waals surface area contributed by atoms with E-state index in [1.165, 1.54) is 28.5 Å². The van der Waals surface area contributed by atoms with Crippen molar-refractivity contribution in [1.29, 1.82) is 0 Å². The molecule has 2 aromatic carbocycles. The maximum atomic E-state index is 13.4. The van der Waals surface area contributed by atoms with Crippen molar-refractivity contribution < 1.29 is 4.39 Å². The fourth-order valence-electron chi connectivity index (χ4n) is 2.95. The van der Waals surface area contributed by atoms with Crippen molar-refractivity contribution >= 4 is 22.7 Å². The summed E-state index contributed by atoms with van der Waals surface area (Å²) in [6, 6.07) is 13.3. The van der Waals surface area contributed by atoms with Crippen molar-refractivity contribution in [3.05, 3.63) is 76.9 Å². The second kappa shape index (κ2) is 7.55. The molecule has 0 fully saturated rings. The minimum atomic E-state index is -0.355. The smallest absolute Gasteiger partial charge is 0.265 e. The molecule has 0 bridgehead atoms. The molecule has 2 aromatic heterocycles. The predicted molar refractivity (Wildman–Crippen MR) is 107 cm³/mol. The Labute approximate surface area is 165 Å². The number of hydrogen-bond donors (Lipinski definition) is 0. The van der Waals surface area contributed by atoms with E-state index in [1.54, 1.807) is 30.6 Å². The number of rotatable bonds is 5. The molecule has 0 aliphatic rings. The Kier molecular flexibility index (Phi) is 4.95. The first-order valence-corrected chi connectivity index (χ1v) is 9.82. The average molecular weight is 395 g/mol. The molecule has 0 amide bonds. The first-order valence-electron chi connectivity index (χ1n) is 8.83. The van der Waals surface area contributed by atoms with Gasteiger partial charge in [-0.05, 0) is 50.2 Å². The Morgan fingerprint density at radius 1 is 1.11 bits per heavy atom. The molecule has 142 valence electrons. The monoisotopic (exact) mass is 395 g/mol. The van der Waals surface area contributed by atoms with E-state index in [2.05, 4.69) is 24.0 Å². The van der Waals surface area contributed by atoms with Crippen LogP contribution in [0.5, 0.6) is 0 Å². The molecule has 2 heterocycles. The van der Waals surface area contributed by atoms with Gasteiger partial charge in [-0.1, -0.05) is 23.9 Å². The van der Waals surface area contributed by atoms with Crippen LogP contribution in [0, 0.1) is 5.82 Å². The lowest BCUT2D eigenvalue weighted by atomic mass is 10.2. The Bertz CT molecular complexity index is 1180. The molecule has 0 atom stereocenters. The maximum Gasteiger partial charge on any atom is 0.265 e. The predicted octanol–water partition coefficient (Wildman–Crippen LogP) is 3.99. The van der Waals surface area contributed by atoms with E-state index in [-0.39, 0.29) is 17.4 Å². The Morgan fingerprint density at radius 2 is 1.86 bits per heavy atom. The highest BCUT2D eigenvalue weighted by Gasteiger charge is 2.15. The molecule has 0 radical (unpaired) electrons. The summed E-state index contributed by atoms with van der Waals surface area (Å²) >= 11 is 1.46. The summed E-state index contributed by atoms with van der Waals surface area (Å²) < 4.78 is 16.9. The number of nitrogens with zero attached hydrogens (tertiary/aromatic N) is 5. The number of thioether (sulfide) groups is 1. The van der Waals surface area contributed by atoms with Crippen LogP contribution in [0.15, 0.2) is 64.8 Å². The molecular weight excluding hydrogens is 377 g/mol. The van der Waals surface area contributed by atoms with E-state index in [1.807, 2.05) is 16.7 Å². The van der Waals surface area contributed by atoms with Gasteiger partial charge >= 0.3 is 0 Å². The van der Waals surface area contributed by atoms with Gasteiger partial charge < -0.3 is 4.57 Å². The van der Waals surface area contributed by atoms with E-state index in [4.69, 9.17) is 4.98 Å². The van der Waals surface area contributed by atoms with Gasteiger partial charge in [-0.25, -0.2) is 9.37 Å². The summed E-state index contributed by atoms with van der Waals surface area (Å²) in [5.41, 5.74) is 1.02. The molecule has 0 N–H and O–H groups in total. The fraction of sp³-hybridized carbons (Fsp3) is 0.200. The Hall–Kier alpha value is -3.00. The van der Waals surface area contributed by atoms with Gasteiger partial charge in [-0.3, -0.25) is 9.36 Å². The van der Waals surface area contributed by atoms with Crippen LogP contribution in [0.3, 0.4) is 0 Å². The molecule has 0 saturated carbocycles. The molecule has 4 rings (SSSR count). The molecule has 0 unspecified atom stereocenters. The summed E-state index contributed by atoms with van der Waals surface area (Å²) in [4.78, 5) is 17.9. The van der Waals surface area contributed by atoms with Crippen LogP contribution < -0.4 is 5.56 Å². The highest BCUT2D eigenvalue weighted by Crippen LogP contribution is 2.24. The normalized spacial score (nSPS) is 11.4. The summed E-state index contributed by atoms with van der Waals surface area (Å²) in [6.45, 7) is 4.10. The molecule has 0 saturated heterocycles. The third-order valence-electron chi connectivity index (χ3n) is 4.36. The lowest BCUT2D eigenvalue weighted by Crippen LogP contribution is -2.23. The standard InChI is InChI=1S/C20H18FN5OS/c1-13(2)25-12-22-24-20(25)28-11-18-23-17-6-4-3-5-16(17)19(27)26(18)15-9-7-14(21)8-10-15/h3-10,12-13H,11H2,1-2H3. The van der Waals surface area contributed by atoms with Crippen LogP contribution in [-0.2, 0) is 5.75 Å². The first kappa shape index (κ1) is 18.4. The Morgan fingerprint density at radius 3 is 2.61 bits per heavy atom. The molecule has 0 aliphatic carbocycles. The molecule has 8 heteroatoms. The number of benzene rings is 2. The van der Waals surface area contributed by atoms with E-state index in [0.717, 1.165) is 5.16 Å². The quantitative estimate of drug-likeness (QED) is 0.478. The van der Waals surface area contributed by atoms with Gasteiger partial charge in [0.15, 0.2) is 5.16 Å². The lowest BCUT2D eigenvalue weighted by Gasteiger charge is -2.14. The number of hydrogen-bond acceptors (Lipinski definition) is 5. The van der Waals surface area contributed by atoms with Gasteiger partial charge in [-0.15, -0.1) is 10.2 Å². The van der Waals surface area contributed by atoms with E-state index >= 15 is 0 Å². The highest BCUT2D eigenvalue weighted by molar-refractivity contribution is 7.98. The Balaban J connectivity index is 1.81. The van der Waals surface area contributed by atoms with Crippen molar-refractivity contribution in [2.24, 2.45) is 0 Å². The van der Waals surface area contributed by atoms with Crippen molar-refractivity contribution in [2.45, 2.75) is 30.8 Å². The second-order valence-corrected chi connectivity index (χ2v) is 7.51. The third kappa shape index (κ3) is 3.43. The van der Waals surface area contributed by atoms with Gasteiger partial charge in [0.05, 0.1) is 22.3 Å². The van der Waals surface area contributed by atoms with Crippen LogP contribution in [0.4, 0.5) is 4.39 Å². The zero-order chi connectivity index (χ0) is 19.7. The summed E-state index contributed by atoms with van der Waals surface area (Å²) in [6.07, 6.45) is 1.69. The van der Waals surface area contributed by atoms with Crippen molar-refractivity contribution in [2.75, 3.05) is 0 Å². The van der Waals surface area contributed by atoms with Crippen LogP contribution in [0.1, 0.15) is 25.7 Å². The summed E-state index contributed by atoms with van der Waals surface area (Å²) in [5.74, 6) is 0.633. The van der Waals surface area contributed by atoms with Crippen LogP contribution in [0.25, 0.3) is 16.6 Å². The van der Waals surface area contributed by atoms with Crippen LogP contribution in [-0.4, -0.2) is 24.3 Å². The van der Waals surface area contributed by atoms with E-state index in [9.17, 15) is 9.18 Å². The topological polar surface area (TPSA) is 65.6 Å². The zero-order valence-electron chi connectivity index (χ0n) is 15.4.